The van der Waals surface area contributed by atoms with Crippen molar-refractivity contribution in [2.24, 2.45) is 0 Å². The van der Waals surface area contributed by atoms with Gasteiger partial charge >= 0.3 is 0 Å². The van der Waals surface area contributed by atoms with Gasteiger partial charge < -0.3 is 9.47 Å². The Kier molecular flexibility index (Phi) is 4.73. The number of likely N-dealkylation sites (N-methyl/N-ethyl adjacent to an activating group) is 1. The number of fused-ring (bicyclic) bond motifs is 2. The molecule has 2 aromatic rings. The van der Waals surface area contributed by atoms with Crippen LogP contribution in [0.1, 0.15) is 28.3 Å². The smallest absolute Gasteiger partial charge is 0.161 e. The molecule has 24 heavy (non-hydrogen) atoms. The lowest BCUT2D eigenvalue weighted by molar-refractivity contribution is 0.295. The topological polar surface area (TPSA) is 45.5 Å². The van der Waals surface area contributed by atoms with Gasteiger partial charge in [0.2, 0.25) is 0 Å². The third-order valence-electron chi connectivity index (χ3n) is 4.73. The van der Waals surface area contributed by atoms with Crippen LogP contribution in [0, 0.1) is 11.3 Å². The summed E-state index contributed by atoms with van der Waals surface area (Å²) in [6.45, 7) is 0.815. The van der Waals surface area contributed by atoms with Crippen LogP contribution in [0.3, 0.4) is 0 Å². The van der Waals surface area contributed by atoms with Gasteiger partial charge in [-0.15, -0.1) is 0 Å². The van der Waals surface area contributed by atoms with Crippen LogP contribution in [-0.2, 0) is 12.8 Å². The molecule has 4 nitrogen and oxygen atoms in total. The van der Waals surface area contributed by atoms with E-state index in [9.17, 15) is 5.26 Å². The zero-order chi connectivity index (χ0) is 17.1. The number of methoxy groups -OCH3 is 2. The second-order valence-corrected chi connectivity index (χ2v) is 6.11. The SMILES string of the molecule is COc1cc2c(cc1OC)Cc1ccccc1[C@H](C#N)N(C)CC2. The van der Waals surface area contributed by atoms with Crippen molar-refractivity contribution in [2.45, 2.75) is 18.9 Å². The third-order valence-corrected chi connectivity index (χ3v) is 4.73. The van der Waals surface area contributed by atoms with Crippen LogP contribution in [0.5, 0.6) is 11.5 Å². The Morgan fingerprint density at radius 1 is 1.04 bits per heavy atom. The van der Waals surface area contributed by atoms with Crippen LogP contribution in [0.15, 0.2) is 36.4 Å². The van der Waals surface area contributed by atoms with Gasteiger partial charge in [-0.3, -0.25) is 4.90 Å². The third kappa shape index (κ3) is 2.95. The Morgan fingerprint density at radius 2 is 1.71 bits per heavy atom. The van der Waals surface area contributed by atoms with E-state index in [0.717, 1.165) is 36.4 Å². The van der Waals surface area contributed by atoms with E-state index in [1.807, 2.05) is 19.2 Å². The first-order chi connectivity index (χ1) is 11.7. The number of nitrogens with zero attached hydrogens (tertiary/aromatic N) is 2. The van der Waals surface area contributed by atoms with Gasteiger partial charge in [0, 0.05) is 6.54 Å². The molecule has 2 aromatic carbocycles. The summed E-state index contributed by atoms with van der Waals surface area (Å²) in [6.07, 6.45) is 1.66. The standard InChI is InChI=1S/C20H22N2O2/c1-22-9-8-14-11-19(23-2)20(24-3)12-16(14)10-15-6-4-5-7-17(15)18(22)13-21/h4-7,11-12,18H,8-10H2,1-3H3/t18-/m0/s1. The molecule has 0 spiro atoms. The van der Waals surface area contributed by atoms with Gasteiger partial charge in [-0.2, -0.15) is 5.26 Å². The summed E-state index contributed by atoms with van der Waals surface area (Å²) in [5.41, 5.74) is 4.75. The Morgan fingerprint density at radius 3 is 2.38 bits per heavy atom. The zero-order valence-corrected chi connectivity index (χ0v) is 14.4. The van der Waals surface area contributed by atoms with Crippen LogP contribution in [0.2, 0.25) is 0 Å². The molecule has 0 saturated carbocycles. The monoisotopic (exact) mass is 322 g/mol. The molecule has 3 rings (SSSR count). The van der Waals surface area contributed by atoms with Gasteiger partial charge in [0.15, 0.2) is 11.5 Å². The molecule has 0 radical (unpaired) electrons. The van der Waals surface area contributed by atoms with Gasteiger partial charge in [0.25, 0.3) is 0 Å². The summed E-state index contributed by atoms with van der Waals surface area (Å²) < 4.78 is 10.9. The maximum Gasteiger partial charge on any atom is 0.161 e. The van der Waals surface area contributed by atoms with Crippen molar-refractivity contribution in [1.82, 2.24) is 4.90 Å². The number of hydrogen-bond acceptors (Lipinski definition) is 4. The Hall–Kier alpha value is -2.51. The van der Waals surface area contributed by atoms with E-state index in [0.29, 0.717) is 0 Å². The second kappa shape index (κ2) is 6.94. The molecule has 1 atom stereocenters. The Bertz CT molecular complexity index is 780. The lowest BCUT2D eigenvalue weighted by atomic mass is 9.93. The van der Waals surface area contributed by atoms with Crippen molar-refractivity contribution in [3.8, 4) is 17.6 Å². The molecule has 1 aliphatic rings. The summed E-state index contributed by atoms with van der Waals surface area (Å²) in [6, 6.07) is 14.6. The fourth-order valence-corrected chi connectivity index (χ4v) is 3.36. The summed E-state index contributed by atoms with van der Waals surface area (Å²) in [4.78, 5) is 2.12. The molecule has 1 aliphatic heterocycles. The highest BCUT2D eigenvalue weighted by Crippen LogP contribution is 2.34. The maximum absolute atomic E-state index is 9.67. The maximum atomic E-state index is 9.67. The van der Waals surface area contributed by atoms with Crippen molar-refractivity contribution in [3.63, 3.8) is 0 Å². The van der Waals surface area contributed by atoms with Gasteiger partial charge in [-0.1, -0.05) is 24.3 Å². The lowest BCUT2D eigenvalue weighted by Crippen LogP contribution is -2.26. The van der Waals surface area contributed by atoms with Crippen molar-refractivity contribution >= 4 is 0 Å². The summed E-state index contributed by atoms with van der Waals surface area (Å²) in [5.74, 6) is 1.50. The molecule has 124 valence electrons. The number of hydrogen-bond donors (Lipinski definition) is 0. The van der Waals surface area contributed by atoms with E-state index in [1.165, 1.54) is 16.7 Å². The first kappa shape index (κ1) is 16.4. The number of benzene rings is 2. The van der Waals surface area contributed by atoms with Crippen LogP contribution in [0.4, 0.5) is 0 Å². The number of rotatable bonds is 2. The van der Waals surface area contributed by atoms with Crippen molar-refractivity contribution < 1.29 is 9.47 Å². The minimum absolute atomic E-state index is 0.223. The highest BCUT2D eigenvalue weighted by atomic mass is 16.5. The van der Waals surface area contributed by atoms with E-state index in [2.05, 4.69) is 35.2 Å². The predicted molar refractivity (Wildman–Crippen MR) is 93.5 cm³/mol. The molecule has 0 aliphatic carbocycles. The predicted octanol–water partition coefficient (Wildman–Crippen LogP) is 3.35. The van der Waals surface area contributed by atoms with Crippen LogP contribution in [-0.4, -0.2) is 32.7 Å². The highest BCUT2D eigenvalue weighted by molar-refractivity contribution is 5.50. The molecule has 0 saturated heterocycles. The largest absolute Gasteiger partial charge is 0.493 e. The van der Waals surface area contributed by atoms with Gasteiger partial charge in [-0.05, 0) is 54.3 Å². The first-order valence-corrected chi connectivity index (χ1v) is 8.09. The molecule has 0 amide bonds. The molecule has 0 unspecified atom stereocenters. The summed E-state index contributed by atoms with van der Waals surface area (Å²) in [7, 11) is 5.33. The van der Waals surface area contributed by atoms with Crippen molar-refractivity contribution in [2.75, 3.05) is 27.8 Å². The normalized spacial score (nSPS) is 17.5. The van der Waals surface area contributed by atoms with E-state index in [1.54, 1.807) is 14.2 Å². The molecule has 0 aromatic heterocycles. The minimum atomic E-state index is -0.223. The fraction of sp³-hybridized carbons (Fsp3) is 0.350. The quantitative estimate of drug-likeness (QED) is 0.850. The van der Waals surface area contributed by atoms with Crippen LogP contribution >= 0.6 is 0 Å². The Labute approximate surface area is 143 Å². The van der Waals surface area contributed by atoms with E-state index in [4.69, 9.17) is 9.47 Å². The fourth-order valence-electron chi connectivity index (χ4n) is 3.36. The highest BCUT2D eigenvalue weighted by Gasteiger charge is 2.23. The second-order valence-electron chi connectivity index (χ2n) is 6.11. The molecule has 1 heterocycles. The van der Waals surface area contributed by atoms with Crippen LogP contribution < -0.4 is 9.47 Å². The number of ether oxygens (including phenoxy) is 2. The summed E-state index contributed by atoms with van der Waals surface area (Å²) >= 11 is 0. The Balaban J connectivity index is 2.14. The van der Waals surface area contributed by atoms with Crippen molar-refractivity contribution in [3.05, 3.63) is 58.7 Å². The van der Waals surface area contributed by atoms with E-state index >= 15 is 0 Å². The average molecular weight is 322 g/mol. The van der Waals surface area contributed by atoms with Gasteiger partial charge in [-0.25, -0.2) is 0 Å². The molecular weight excluding hydrogens is 300 g/mol. The minimum Gasteiger partial charge on any atom is -0.493 e. The molecular formula is C20H22N2O2. The van der Waals surface area contributed by atoms with E-state index in [-0.39, 0.29) is 6.04 Å². The molecule has 0 N–H and O–H groups in total. The summed E-state index contributed by atoms with van der Waals surface area (Å²) in [5, 5.41) is 9.67. The van der Waals surface area contributed by atoms with E-state index < -0.39 is 0 Å². The molecule has 4 heteroatoms. The lowest BCUT2D eigenvalue weighted by Gasteiger charge is -2.23. The van der Waals surface area contributed by atoms with Crippen LogP contribution in [0.25, 0.3) is 0 Å². The van der Waals surface area contributed by atoms with Gasteiger partial charge in [0.05, 0.1) is 20.3 Å². The molecule has 0 bridgehead atoms. The number of nitriles is 1. The van der Waals surface area contributed by atoms with Crippen molar-refractivity contribution in [1.29, 1.82) is 5.26 Å². The average Bonchev–Trinajstić information content (AvgIpc) is 2.66. The molecule has 0 fully saturated rings. The zero-order valence-electron chi connectivity index (χ0n) is 14.4. The first-order valence-electron chi connectivity index (χ1n) is 8.09. The van der Waals surface area contributed by atoms with Gasteiger partial charge in [0.1, 0.15) is 6.04 Å².